The summed E-state index contributed by atoms with van der Waals surface area (Å²) >= 11 is 3.10. The quantitative estimate of drug-likeness (QED) is 0.408. The van der Waals surface area contributed by atoms with Gasteiger partial charge in [-0.3, -0.25) is 14.2 Å². The van der Waals surface area contributed by atoms with Crippen LogP contribution in [0.3, 0.4) is 0 Å². The van der Waals surface area contributed by atoms with Gasteiger partial charge in [0, 0.05) is 14.7 Å². The molecule has 0 bridgehead atoms. The number of nitrogens with one attached hydrogen (secondary N) is 1. The fourth-order valence-corrected chi connectivity index (χ4v) is 5.51. The van der Waals surface area contributed by atoms with Crippen molar-refractivity contribution in [1.82, 2.24) is 14.5 Å². The Morgan fingerprint density at radius 1 is 1.09 bits per heavy atom. The molecule has 0 radical (unpaired) electrons. The molecule has 6 nitrogen and oxygen atoms in total. The summed E-state index contributed by atoms with van der Waals surface area (Å²) in [5, 5.41) is 3.60. The van der Waals surface area contributed by atoms with E-state index >= 15 is 0 Å². The number of thiophene rings is 1. The molecule has 0 unspecified atom stereocenters. The number of aryl methyl sites for hydroxylation is 2. The molecule has 2 heterocycles. The summed E-state index contributed by atoms with van der Waals surface area (Å²) in [6.07, 6.45) is 0. The highest BCUT2D eigenvalue weighted by Crippen LogP contribution is 2.33. The Bertz CT molecular complexity index is 1360. The van der Waals surface area contributed by atoms with Crippen LogP contribution in [0.15, 0.2) is 69.2 Å². The van der Waals surface area contributed by atoms with Gasteiger partial charge in [-0.1, -0.05) is 42.1 Å². The highest BCUT2D eigenvalue weighted by Gasteiger charge is 2.19. The number of hydrogen-bond donors (Lipinski definition) is 1. The van der Waals surface area contributed by atoms with E-state index in [0.29, 0.717) is 17.8 Å². The zero-order chi connectivity index (χ0) is 23.5. The molecule has 0 atom stereocenters. The summed E-state index contributed by atoms with van der Waals surface area (Å²) in [5.41, 5.74) is 1.48. The molecule has 2 aromatic heterocycles. The van der Waals surface area contributed by atoms with Crippen molar-refractivity contribution >= 4 is 44.9 Å². The van der Waals surface area contributed by atoms with Crippen LogP contribution in [0.25, 0.3) is 10.2 Å². The van der Waals surface area contributed by atoms with E-state index in [1.165, 1.54) is 15.9 Å². The number of benzene rings is 2. The van der Waals surface area contributed by atoms with Crippen LogP contribution in [0.2, 0.25) is 0 Å². The van der Waals surface area contributed by atoms with Gasteiger partial charge in [0.05, 0.1) is 17.6 Å². The van der Waals surface area contributed by atoms with Gasteiger partial charge in [0.2, 0.25) is 5.91 Å². The first-order valence-electron chi connectivity index (χ1n) is 10.6. The number of hydrogen-bond acceptors (Lipinski definition) is 6. The highest BCUT2D eigenvalue weighted by molar-refractivity contribution is 7.99. The molecule has 0 spiro atoms. The number of rotatable bonds is 7. The van der Waals surface area contributed by atoms with Crippen LogP contribution in [0.4, 0.5) is 5.69 Å². The van der Waals surface area contributed by atoms with Crippen molar-refractivity contribution in [3.63, 3.8) is 0 Å². The largest absolute Gasteiger partial charge is 0.323 e. The summed E-state index contributed by atoms with van der Waals surface area (Å²) in [5.74, 6) is 0.324. The molecule has 0 saturated heterocycles. The molecule has 33 heavy (non-hydrogen) atoms. The third kappa shape index (κ3) is 5.19. The molecule has 1 N–H and O–H groups in total. The Labute approximate surface area is 201 Å². The maximum absolute atomic E-state index is 13.4. The van der Waals surface area contributed by atoms with Crippen LogP contribution in [0.5, 0.6) is 0 Å². The Morgan fingerprint density at radius 2 is 1.79 bits per heavy atom. The fraction of sp³-hybridized carbons (Fsp3) is 0.240. The summed E-state index contributed by atoms with van der Waals surface area (Å²) in [6, 6.07) is 17.7. The van der Waals surface area contributed by atoms with Gasteiger partial charge >= 0.3 is 0 Å². The van der Waals surface area contributed by atoms with Gasteiger partial charge in [-0.25, -0.2) is 4.98 Å². The van der Waals surface area contributed by atoms with Crippen LogP contribution < -0.4 is 10.9 Å². The molecule has 0 saturated carbocycles. The van der Waals surface area contributed by atoms with E-state index in [9.17, 15) is 9.59 Å². The number of amides is 1. The van der Waals surface area contributed by atoms with E-state index in [1.54, 1.807) is 11.8 Å². The minimum absolute atomic E-state index is 0.0936. The monoisotopic (exact) mass is 478 g/mol. The van der Waals surface area contributed by atoms with Gasteiger partial charge in [-0.15, -0.1) is 11.3 Å². The van der Waals surface area contributed by atoms with E-state index < -0.39 is 0 Å². The standard InChI is InChI=1S/C25H26N4O2S2/c1-16-17(2)32-24-23(16)25(31)29(21(27-24)14-28(3)4)15-22(30)26-19-12-8-9-13-20(19)33-18-10-6-5-7-11-18/h5-13H,14-15H2,1-4H3,(H,26,30). The van der Waals surface area contributed by atoms with Crippen molar-refractivity contribution < 1.29 is 4.79 Å². The number of anilines is 1. The Balaban J connectivity index is 1.64. The predicted octanol–water partition coefficient (Wildman–Crippen LogP) is 4.93. The highest BCUT2D eigenvalue weighted by atomic mass is 32.2. The first-order chi connectivity index (χ1) is 15.8. The lowest BCUT2D eigenvalue weighted by Gasteiger charge is -2.16. The van der Waals surface area contributed by atoms with Crippen molar-refractivity contribution in [3.05, 3.63) is 81.2 Å². The summed E-state index contributed by atoms with van der Waals surface area (Å²) < 4.78 is 1.50. The SMILES string of the molecule is Cc1sc2nc(CN(C)C)n(CC(=O)Nc3ccccc3Sc3ccccc3)c(=O)c2c1C. The molecular weight excluding hydrogens is 452 g/mol. The first kappa shape index (κ1) is 23.2. The van der Waals surface area contributed by atoms with Gasteiger partial charge < -0.3 is 10.2 Å². The molecule has 0 fully saturated rings. The normalized spacial score (nSPS) is 11.3. The molecule has 170 valence electrons. The van der Waals surface area contributed by atoms with Crippen molar-refractivity contribution in [1.29, 1.82) is 0 Å². The zero-order valence-corrected chi connectivity index (χ0v) is 20.7. The Kier molecular flexibility index (Phi) is 6.97. The van der Waals surface area contributed by atoms with E-state index in [1.807, 2.05) is 87.4 Å². The minimum atomic E-state index is -0.260. The third-order valence-electron chi connectivity index (χ3n) is 5.26. The van der Waals surface area contributed by atoms with Gasteiger partial charge in [0.15, 0.2) is 0 Å². The maximum Gasteiger partial charge on any atom is 0.263 e. The smallest absolute Gasteiger partial charge is 0.263 e. The molecule has 8 heteroatoms. The lowest BCUT2D eigenvalue weighted by Crippen LogP contribution is -2.33. The van der Waals surface area contributed by atoms with Gasteiger partial charge in [-0.05, 0) is 57.8 Å². The van der Waals surface area contributed by atoms with Crippen LogP contribution >= 0.6 is 23.1 Å². The van der Waals surface area contributed by atoms with Crippen molar-refractivity contribution in [2.45, 2.75) is 36.7 Å². The first-order valence-corrected chi connectivity index (χ1v) is 12.2. The van der Waals surface area contributed by atoms with E-state index in [2.05, 4.69) is 5.32 Å². The molecular formula is C25H26N4O2S2. The average Bonchev–Trinajstić information content (AvgIpc) is 3.06. The van der Waals surface area contributed by atoms with E-state index in [0.717, 1.165) is 30.7 Å². The maximum atomic E-state index is 13.4. The summed E-state index contributed by atoms with van der Waals surface area (Å²) in [7, 11) is 3.84. The minimum Gasteiger partial charge on any atom is -0.323 e. The van der Waals surface area contributed by atoms with Crippen molar-refractivity contribution in [3.8, 4) is 0 Å². The predicted molar refractivity (Wildman–Crippen MR) is 136 cm³/mol. The van der Waals surface area contributed by atoms with E-state index in [-0.39, 0.29) is 18.0 Å². The second-order valence-corrected chi connectivity index (χ2v) is 10.4. The molecule has 2 aromatic carbocycles. The summed E-state index contributed by atoms with van der Waals surface area (Å²) in [4.78, 5) is 37.0. The molecule has 4 rings (SSSR count). The summed E-state index contributed by atoms with van der Waals surface area (Å²) in [6.45, 7) is 4.30. The second-order valence-electron chi connectivity index (χ2n) is 8.08. The fourth-order valence-electron chi connectivity index (χ4n) is 3.54. The number of para-hydroxylation sites is 1. The molecule has 0 aliphatic heterocycles. The second kappa shape index (κ2) is 9.91. The number of carbonyl (C=O) groups excluding carboxylic acids is 1. The van der Waals surface area contributed by atoms with Crippen LogP contribution in [-0.4, -0.2) is 34.5 Å². The molecule has 1 amide bonds. The Morgan fingerprint density at radius 3 is 2.52 bits per heavy atom. The zero-order valence-electron chi connectivity index (χ0n) is 19.1. The van der Waals surface area contributed by atoms with Gasteiger partial charge in [0.1, 0.15) is 17.2 Å². The van der Waals surface area contributed by atoms with Crippen molar-refractivity contribution in [2.24, 2.45) is 0 Å². The molecule has 4 aromatic rings. The van der Waals surface area contributed by atoms with E-state index in [4.69, 9.17) is 4.98 Å². The topological polar surface area (TPSA) is 67.2 Å². The van der Waals surface area contributed by atoms with Crippen molar-refractivity contribution in [2.75, 3.05) is 19.4 Å². The number of carbonyl (C=O) groups is 1. The number of nitrogens with zero attached hydrogens (tertiary/aromatic N) is 3. The molecule has 0 aliphatic carbocycles. The Hall–Kier alpha value is -2.94. The third-order valence-corrected chi connectivity index (χ3v) is 7.44. The lowest BCUT2D eigenvalue weighted by molar-refractivity contribution is -0.116. The number of fused-ring (bicyclic) bond motifs is 1. The van der Waals surface area contributed by atoms with Crippen LogP contribution in [0, 0.1) is 13.8 Å². The lowest BCUT2D eigenvalue weighted by atomic mass is 10.2. The van der Waals surface area contributed by atoms with Gasteiger partial charge in [-0.2, -0.15) is 0 Å². The average molecular weight is 479 g/mol. The number of aromatic nitrogens is 2. The molecule has 0 aliphatic rings. The van der Waals surface area contributed by atoms with Crippen LogP contribution in [0.1, 0.15) is 16.3 Å². The van der Waals surface area contributed by atoms with Gasteiger partial charge in [0.25, 0.3) is 5.56 Å². The van der Waals surface area contributed by atoms with Crippen LogP contribution in [-0.2, 0) is 17.9 Å².